The Morgan fingerprint density at radius 2 is 0.700 bits per heavy atom. The van der Waals surface area contributed by atoms with Gasteiger partial charge in [0.15, 0.2) is 5.41 Å². The van der Waals surface area contributed by atoms with E-state index in [9.17, 15) is 129 Å². The van der Waals surface area contributed by atoms with Crippen molar-refractivity contribution in [1.29, 1.82) is 0 Å². The molecule has 7 saturated carbocycles. The van der Waals surface area contributed by atoms with Crippen LogP contribution in [0.5, 0.6) is 0 Å². The molecule has 7 aliphatic heterocycles. The van der Waals surface area contributed by atoms with E-state index >= 15 is 0 Å². The van der Waals surface area contributed by atoms with Crippen molar-refractivity contribution in [2.75, 3.05) is 0 Å². The van der Waals surface area contributed by atoms with E-state index in [-0.39, 0.29) is 101 Å². The maximum absolute atomic E-state index is 13.3. The molecule has 28 nitrogen and oxygen atoms in total. The average molecular weight is 1750 g/mol. The van der Waals surface area contributed by atoms with Crippen LogP contribution in [0.1, 0.15) is 219 Å². The van der Waals surface area contributed by atoms with Gasteiger partial charge in [0.05, 0.1) is 41.4 Å². The van der Waals surface area contributed by atoms with Crippen LogP contribution in [-0.4, -0.2) is 209 Å². The molecule has 14 bridgehead atoms. The minimum atomic E-state index is -4.67. The van der Waals surface area contributed by atoms with Crippen LogP contribution in [0.25, 0.3) is 0 Å². The second-order valence-electron chi connectivity index (χ2n) is 35.2. The molecule has 0 aromatic rings. The van der Waals surface area contributed by atoms with Crippen LogP contribution < -0.4 is 0 Å². The minimum absolute atomic E-state index is 0.0571. The lowest BCUT2D eigenvalue weighted by atomic mass is 9.74. The van der Waals surface area contributed by atoms with Crippen LogP contribution in [0.15, 0.2) is 0 Å². The summed E-state index contributed by atoms with van der Waals surface area (Å²) < 4.78 is 248. The molecular weight excluding hydrogens is 1650 g/mol. The zero-order chi connectivity index (χ0) is 90.5. The summed E-state index contributed by atoms with van der Waals surface area (Å²) in [5.41, 5.74) is -7.60. The zero-order valence-electron chi connectivity index (χ0n) is 68.2. The number of ether oxygens (including phenoxy) is 14. The standard InChI is InChI=1S/C12H15F3O4.C12H16F2O4.3C11H14F2O4.C11H15FO4.C10H12F2O4/c1-11(2,12(13,14)15)10(17)19-7-4-3-6-5-8(7)18-9(6)16;1-6-4-7-5-11(2,18-9(7)15)8(6)17-10(16)12(3,13)14;1-5-3-6-4-7(16-9(6)14)8(5)17-10(15)11(2,12)13;1-10(17-9(15)11(2,12)13)4-3-6-5-7(10)16-8(6)14;1-10-5-6(8(14)17-10)3-4-7(10)16-9(15)11(2,12)13;1-11(2,12)10(14)16-7-4-3-6-5-8(7)15-9(6)13;1-10(11,12)9(14)16-6-3-2-5-4-7(6)15-8(5)13/h6-8H,3-5H2,1-2H3;6-8H,4-5H2,1-3H3;5-8H,3-4H2,1-2H3;2*6-7H,3-5H2,1-2H3;6-8H,3-5H2,1-2H3;5-7H,2-4H2,1H3. The predicted octanol–water partition coefficient (Wildman–Crippen LogP) is 11.6. The van der Waals surface area contributed by atoms with Gasteiger partial charge in [-0.1, -0.05) is 13.8 Å². The second kappa shape index (κ2) is 35.8. The van der Waals surface area contributed by atoms with Crippen molar-refractivity contribution in [2.45, 2.75) is 344 Å². The molecule has 42 heteroatoms. The average Bonchev–Trinajstić information content (AvgIpc) is 1.55. The lowest BCUT2D eigenvalue weighted by molar-refractivity contribution is -0.230. The van der Waals surface area contributed by atoms with Crippen LogP contribution in [-0.2, 0) is 133 Å². The number of hydrogen-bond acceptors (Lipinski definition) is 28. The lowest BCUT2D eigenvalue weighted by Crippen LogP contribution is -2.50. The highest BCUT2D eigenvalue weighted by Gasteiger charge is 2.62. The highest BCUT2D eigenvalue weighted by atomic mass is 19.4. The highest BCUT2D eigenvalue weighted by Crippen LogP contribution is 2.50. The maximum Gasteiger partial charge on any atom is 0.404 e. The van der Waals surface area contributed by atoms with Crippen LogP contribution in [0.3, 0.4) is 0 Å². The van der Waals surface area contributed by atoms with E-state index < -0.39 is 167 Å². The molecule has 0 radical (unpaired) electrons. The molecule has 0 N–H and O–H groups in total. The monoisotopic (exact) mass is 1750 g/mol. The van der Waals surface area contributed by atoms with Gasteiger partial charge in [0, 0.05) is 79.6 Å². The molecule has 0 amide bonds. The fourth-order valence-electron chi connectivity index (χ4n) is 16.4. The van der Waals surface area contributed by atoms with Gasteiger partial charge in [0.25, 0.3) is 0 Å². The molecule has 7 saturated heterocycles. The molecule has 0 spiro atoms. The largest absolute Gasteiger partial charge is 0.458 e. The summed E-state index contributed by atoms with van der Waals surface area (Å²) in [7, 11) is 0. The van der Waals surface area contributed by atoms with Crippen molar-refractivity contribution in [2.24, 2.45) is 58.7 Å². The van der Waals surface area contributed by atoms with E-state index in [0.717, 1.165) is 27.7 Å². The number of halogens is 14. The molecule has 23 unspecified atom stereocenters. The Labute approximate surface area is 679 Å². The van der Waals surface area contributed by atoms with Crippen LogP contribution in [0.4, 0.5) is 61.5 Å². The van der Waals surface area contributed by atoms with Crippen molar-refractivity contribution >= 4 is 83.6 Å². The number of esters is 14. The van der Waals surface area contributed by atoms with E-state index in [1.165, 1.54) is 6.92 Å². The minimum Gasteiger partial charge on any atom is -0.458 e. The third kappa shape index (κ3) is 23.3. The van der Waals surface area contributed by atoms with Crippen LogP contribution in [0, 0.1) is 58.7 Å². The van der Waals surface area contributed by atoms with E-state index in [2.05, 4.69) is 4.74 Å². The number of hydrogen-bond donors (Lipinski definition) is 0. The van der Waals surface area contributed by atoms with Gasteiger partial charge in [0.1, 0.15) is 83.9 Å². The number of alkyl halides is 14. The Bertz CT molecular complexity index is 3780. The predicted molar refractivity (Wildman–Crippen MR) is 371 cm³/mol. The van der Waals surface area contributed by atoms with E-state index in [1.54, 1.807) is 27.7 Å². The Morgan fingerprint density at radius 3 is 1.16 bits per heavy atom. The summed E-state index contributed by atoms with van der Waals surface area (Å²) in [6.45, 7) is 14.7. The Hall–Kier alpha value is -8.40. The summed E-state index contributed by atoms with van der Waals surface area (Å²) >= 11 is 0. The quantitative estimate of drug-likeness (QED) is 0.0885. The van der Waals surface area contributed by atoms with E-state index in [0.29, 0.717) is 157 Å². The molecule has 678 valence electrons. The second-order valence-corrected chi connectivity index (χ2v) is 35.2. The van der Waals surface area contributed by atoms with Crippen molar-refractivity contribution in [3.8, 4) is 0 Å². The van der Waals surface area contributed by atoms with Gasteiger partial charge in [-0.2, -0.15) is 57.1 Å². The summed E-state index contributed by atoms with van der Waals surface area (Å²) in [6.07, 6.45) is -2.64. The van der Waals surface area contributed by atoms with Gasteiger partial charge in [-0.25, -0.2) is 33.2 Å². The lowest BCUT2D eigenvalue weighted by Gasteiger charge is -2.39. The summed E-state index contributed by atoms with van der Waals surface area (Å²) in [5.74, 6) is -31.3. The first kappa shape index (κ1) is 97.1. The highest BCUT2D eigenvalue weighted by molar-refractivity contribution is 5.83. The summed E-state index contributed by atoms with van der Waals surface area (Å²) in [5, 5.41) is 0. The summed E-state index contributed by atoms with van der Waals surface area (Å²) in [4.78, 5) is 158. The zero-order valence-corrected chi connectivity index (χ0v) is 68.2. The number of carbonyl (C=O) groups is 14. The molecule has 14 rings (SSSR count). The third-order valence-corrected chi connectivity index (χ3v) is 23.7. The SMILES string of the molecule is CC(C)(C(=O)OC1CCC2CC1OC2=O)C(F)(F)F.CC(C)(F)C(=O)OC1CCC2CC1OC2=O.CC(F)(F)C(=O)OC1(C)CCC2CC1OC2=O.CC(F)(F)C(=O)OC1CCC2CC1(C)OC2=O.CC(F)(F)C(=O)OC1CCC2CC1OC2=O.CC1CC2CC(C)(OC2=O)C1OC(=O)C(C)(F)F.CC1CC2CC(OC2=O)C1OC(=O)C(C)(F)F. The first-order valence-corrected chi connectivity index (χ1v) is 39.4. The van der Waals surface area contributed by atoms with Gasteiger partial charge in [-0.15, -0.1) is 0 Å². The first-order chi connectivity index (χ1) is 54.7. The summed E-state index contributed by atoms with van der Waals surface area (Å²) in [6, 6.07) is 0. The molecule has 7 heterocycles. The van der Waals surface area contributed by atoms with Gasteiger partial charge < -0.3 is 66.3 Å². The van der Waals surface area contributed by atoms with Crippen molar-refractivity contribution < 1.29 is 195 Å². The molecule has 120 heavy (non-hydrogen) atoms. The number of fused-ring (bicyclic) bond motifs is 14. The molecular formula is C78H100F14O28. The molecule has 14 aliphatic rings. The molecule has 0 aromatic carbocycles. The van der Waals surface area contributed by atoms with Crippen molar-refractivity contribution in [1.82, 2.24) is 0 Å². The van der Waals surface area contributed by atoms with Crippen molar-refractivity contribution in [3.63, 3.8) is 0 Å². The number of carbonyl (C=O) groups excluding carboxylic acids is 14. The van der Waals surface area contributed by atoms with E-state index in [4.69, 9.17) is 61.6 Å². The van der Waals surface area contributed by atoms with E-state index in [1.807, 2.05) is 0 Å². The maximum atomic E-state index is 13.3. The van der Waals surface area contributed by atoms with Crippen LogP contribution in [0.2, 0.25) is 0 Å². The Balaban J connectivity index is 0.000000174. The fraction of sp³-hybridized carbons (Fsp3) is 0.821. The Morgan fingerprint density at radius 1 is 0.342 bits per heavy atom. The van der Waals surface area contributed by atoms with Gasteiger partial charge >= 0.3 is 119 Å². The smallest absolute Gasteiger partial charge is 0.404 e. The van der Waals surface area contributed by atoms with Gasteiger partial charge in [-0.3, -0.25) is 38.4 Å². The molecule has 7 aliphatic carbocycles. The van der Waals surface area contributed by atoms with Gasteiger partial charge in [0.2, 0.25) is 5.67 Å². The molecule has 14 fully saturated rings. The Kier molecular flexibility index (Phi) is 29.0. The third-order valence-electron chi connectivity index (χ3n) is 23.7. The fourth-order valence-corrected chi connectivity index (χ4v) is 16.4. The first-order valence-electron chi connectivity index (χ1n) is 39.4. The number of rotatable bonds is 14. The molecule has 0 aromatic heterocycles. The molecule has 23 atom stereocenters. The normalized spacial score (nSPS) is 35.3. The van der Waals surface area contributed by atoms with Crippen molar-refractivity contribution in [3.05, 3.63) is 0 Å². The van der Waals surface area contributed by atoms with Gasteiger partial charge in [-0.05, 0) is 137 Å². The topological polar surface area (TPSA) is 368 Å². The van der Waals surface area contributed by atoms with Crippen LogP contribution >= 0.6 is 0 Å².